The van der Waals surface area contributed by atoms with E-state index in [-0.39, 0.29) is 27.9 Å². The number of rotatable bonds is 4. The topological polar surface area (TPSA) is 118 Å². The van der Waals surface area contributed by atoms with Crippen LogP contribution >= 0.6 is 0 Å². The molecule has 1 aromatic heterocycles. The molecule has 124 valence electrons. The second-order valence-electron chi connectivity index (χ2n) is 5.06. The van der Waals surface area contributed by atoms with Gasteiger partial charge in [0.05, 0.1) is 16.5 Å². The van der Waals surface area contributed by atoms with Gasteiger partial charge in [0, 0.05) is 23.4 Å². The molecule has 1 heterocycles. The number of nitrogens with zero attached hydrogens (tertiary/aromatic N) is 3. The molecule has 8 nitrogen and oxygen atoms in total. The number of aromatic hydroxyl groups is 1. The van der Waals surface area contributed by atoms with Crippen LogP contribution in [0.5, 0.6) is 5.75 Å². The number of phenolic OH excluding ortho intramolecular Hbond substituents is 1. The summed E-state index contributed by atoms with van der Waals surface area (Å²) in [6, 6.07) is 12.7. The molecule has 0 bridgehead atoms. The van der Waals surface area contributed by atoms with E-state index in [1.165, 1.54) is 18.3 Å². The molecule has 3 aromatic rings. The van der Waals surface area contributed by atoms with E-state index in [0.29, 0.717) is 5.56 Å². The first kappa shape index (κ1) is 16.1. The Morgan fingerprint density at radius 2 is 2.00 bits per heavy atom. The quantitative estimate of drug-likeness (QED) is 0.431. The molecule has 0 aliphatic heterocycles. The van der Waals surface area contributed by atoms with Crippen molar-refractivity contribution in [3.05, 3.63) is 76.0 Å². The Balaban J connectivity index is 1.92. The number of carbonyl (C=O) groups is 1. The highest BCUT2D eigenvalue weighted by Gasteiger charge is 2.18. The van der Waals surface area contributed by atoms with Crippen LogP contribution in [-0.2, 0) is 0 Å². The Labute approximate surface area is 141 Å². The first-order chi connectivity index (χ1) is 12.1. The number of aromatic nitrogens is 1. The molecule has 2 N–H and O–H groups in total. The molecule has 0 fully saturated rings. The molecule has 0 spiro atoms. The summed E-state index contributed by atoms with van der Waals surface area (Å²) < 4.78 is 0. The van der Waals surface area contributed by atoms with Crippen molar-refractivity contribution in [2.75, 3.05) is 0 Å². The molecule has 0 atom stereocenters. The van der Waals surface area contributed by atoms with Crippen LogP contribution < -0.4 is 5.43 Å². The number of nitrogens with one attached hydrogen (secondary N) is 1. The van der Waals surface area contributed by atoms with Crippen LogP contribution in [0.3, 0.4) is 0 Å². The minimum atomic E-state index is -0.566. The van der Waals surface area contributed by atoms with Crippen molar-refractivity contribution in [3.8, 4) is 5.75 Å². The maximum Gasteiger partial charge on any atom is 0.279 e. The highest BCUT2D eigenvalue weighted by Crippen LogP contribution is 2.33. The summed E-state index contributed by atoms with van der Waals surface area (Å²) in [5.74, 6) is -0.691. The zero-order valence-corrected chi connectivity index (χ0v) is 12.8. The number of amides is 1. The summed E-state index contributed by atoms with van der Waals surface area (Å²) in [5.41, 5.74) is 2.67. The molecule has 0 aliphatic carbocycles. The van der Waals surface area contributed by atoms with E-state index in [9.17, 15) is 20.0 Å². The molecular weight excluding hydrogens is 324 g/mol. The van der Waals surface area contributed by atoms with Gasteiger partial charge in [-0.25, -0.2) is 5.43 Å². The Morgan fingerprint density at radius 3 is 2.72 bits per heavy atom. The number of hydrazone groups is 1. The van der Waals surface area contributed by atoms with E-state index in [0.717, 1.165) is 6.21 Å². The van der Waals surface area contributed by atoms with Gasteiger partial charge in [-0.05, 0) is 24.3 Å². The molecular formula is C17H12N4O4. The van der Waals surface area contributed by atoms with Crippen molar-refractivity contribution in [1.82, 2.24) is 10.4 Å². The average Bonchev–Trinajstić information content (AvgIpc) is 2.64. The van der Waals surface area contributed by atoms with Crippen molar-refractivity contribution in [2.24, 2.45) is 5.10 Å². The van der Waals surface area contributed by atoms with Crippen LogP contribution in [-0.4, -0.2) is 27.1 Å². The number of hydrogen-bond donors (Lipinski definition) is 2. The number of fused-ring (bicyclic) bond motifs is 1. The second-order valence-corrected chi connectivity index (χ2v) is 5.06. The fraction of sp³-hybridized carbons (Fsp3) is 0. The van der Waals surface area contributed by atoms with Crippen molar-refractivity contribution in [1.29, 1.82) is 0 Å². The molecule has 8 heteroatoms. The predicted molar refractivity (Wildman–Crippen MR) is 91.6 cm³/mol. The highest BCUT2D eigenvalue weighted by atomic mass is 16.6. The standard InChI is InChI=1S/C17H12N4O4/c22-16-12(10-19-20-17(23)11-5-2-1-3-6-11)9-14(21(24)25)13-7-4-8-18-15(13)16/h1-10,22H,(H,20,23)/b19-10-. The van der Waals surface area contributed by atoms with Gasteiger partial charge in [0.1, 0.15) is 5.52 Å². The maximum absolute atomic E-state index is 11.9. The summed E-state index contributed by atoms with van der Waals surface area (Å²) >= 11 is 0. The molecule has 0 aliphatic rings. The molecule has 0 saturated heterocycles. The van der Waals surface area contributed by atoms with E-state index in [4.69, 9.17) is 0 Å². The maximum atomic E-state index is 11.9. The zero-order valence-electron chi connectivity index (χ0n) is 12.8. The number of carbonyl (C=O) groups excluding carboxylic acids is 1. The molecule has 0 saturated carbocycles. The van der Waals surface area contributed by atoms with Crippen LogP contribution in [0.2, 0.25) is 0 Å². The minimum Gasteiger partial charge on any atom is -0.505 e. The summed E-state index contributed by atoms with van der Waals surface area (Å²) in [5, 5.41) is 25.4. The number of pyridine rings is 1. The average molecular weight is 336 g/mol. The molecule has 2 aromatic carbocycles. The van der Waals surface area contributed by atoms with Gasteiger partial charge < -0.3 is 5.11 Å². The molecule has 3 rings (SSSR count). The van der Waals surface area contributed by atoms with Gasteiger partial charge in [-0.3, -0.25) is 19.9 Å². The number of phenols is 1. The summed E-state index contributed by atoms with van der Waals surface area (Å²) in [6.45, 7) is 0. The molecule has 0 unspecified atom stereocenters. The number of hydrogen-bond acceptors (Lipinski definition) is 6. The smallest absolute Gasteiger partial charge is 0.279 e. The minimum absolute atomic E-state index is 0.0752. The lowest BCUT2D eigenvalue weighted by Gasteiger charge is -2.05. The van der Waals surface area contributed by atoms with Gasteiger partial charge in [-0.15, -0.1) is 0 Å². The van der Waals surface area contributed by atoms with Gasteiger partial charge in [-0.1, -0.05) is 18.2 Å². The van der Waals surface area contributed by atoms with Crippen molar-refractivity contribution in [3.63, 3.8) is 0 Å². The van der Waals surface area contributed by atoms with E-state index in [2.05, 4.69) is 15.5 Å². The van der Waals surface area contributed by atoms with Crippen LogP contribution in [0.1, 0.15) is 15.9 Å². The van der Waals surface area contributed by atoms with E-state index in [1.807, 2.05) is 0 Å². The Bertz CT molecular complexity index is 987. The number of nitro benzene ring substituents is 1. The van der Waals surface area contributed by atoms with E-state index in [1.54, 1.807) is 36.4 Å². The fourth-order valence-corrected chi connectivity index (χ4v) is 2.29. The van der Waals surface area contributed by atoms with Crippen molar-refractivity contribution < 1.29 is 14.8 Å². The number of nitro groups is 1. The van der Waals surface area contributed by atoms with Gasteiger partial charge in [0.15, 0.2) is 5.75 Å². The van der Waals surface area contributed by atoms with E-state index < -0.39 is 10.8 Å². The third-order valence-corrected chi connectivity index (χ3v) is 3.48. The monoisotopic (exact) mass is 336 g/mol. The molecule has 25 heavy (non-hydrogen) atoms. The fourth-order valence-electron chi connectivity index (χ4n) is 2.29. The SMILES string of the molecule is O=C(N/N=C\c1cc([N+](=O)[O-])c2cccnc2c1O)c1ccccc1. The number of benzene rings is 2. The summed E-state index contributed by atoms with van der Waals surface area (Å²) in [4.78, 5) is 26.5. The summed E-state index contributed by atoms with van der Waals surface area (Å²) in [7, 11) is 0. The first-order valence-corrected chi connectivity index (χ1v) is 7.21. The third-order valence-electron chi connectivity index (χ3n) is 3.48. The normalized spacial score (nSPS) is 10.9. The van der Waals surface area contributed by atoms with Gasteiger partial charge >= 0.3 is 0 Å². The second kappa shape index (κ2) is 6.75. The number of non-ortho nitro benzene ring substituents is 1. The molecule has 0 radical (unpaired) electrons. The van der Waals surface area contributed by atoms with Gasteiger partial charge in [0.25, 0.3) is 11.6 Å². The zero-order chi connectivity index (χ0) is 17.8. The highest BCUT2D eigenvalue weighted by molar-refractivity contribution is 6.00. The van der Waals surface area contributed by atoms with Crippen LogP contribution in [0.4, 0.5) is 5.69 Å². The van der Waals surface area contributed by atoms with E-state index >= 15 is 0 Å². The third kappa shape index (κ3) is 3.27. The Morgan fingerprint density at radius 1 is 1.24 bits per heavy atom. The largest absolute Gasteiger partial charge is 0.505 e. The van der Waals surface area contributed by atoms with Crippen molar-refractivity contribution in [2.45, 2.75) is 0 Å². The summed E-state index contributed by atoms with van der Waals surface area (Å²) in [6.07, 6.45) is 2.56. The van der Waals surface area contributed by atoms with Crippen LogP contribution in [0.15, 0.2) is 59.8 Å². The first-order valence-electron chi connectivity index (χ1n) is 7.21. The lowest BCUT2D eigenvalue weighted by Crippen LogP contribution is -2.17. The van der Waals surface area contributed by atoms with Crippen LogP contribution in [0.25, 0.3) is 10.9 Å². The van der Waals surface area contributed by atoms with Crippen molar-refractivity contribution >= 4 is 28.7 Å². The lowest BCUT2D eigenvalue weighted by molar-refractivity contribution is -0.383. The van der Waals surface area contributed by atoms with Crippen LogP contribution in [0, 0.1) is 10.1 Å². The van der Waals surface area contributed by atoms with Gasteiger partial charge in [0.2, 0.25) is 0 Å². The Kier molecular flexibility index (Phi) is 4.34. The Hall–Kier alpha value is -3.81. The molecule has 1 amide bonds. The predicted octanol–water partition coefficient (Wildman–Crippen LogP) is 2.61. The van der Waals surface area contributed by atoms with Gasteiger partial charge in [-0.2, -0.15) is 5.10 Å². The lowest BCUT2D eigenvalue weighted by atomic mass is 10.1.